The van der Waals surface area contributed by atoms with Crippen LogP contribution in [0.5, 0.6) is 0 Å². The van der Waals surface area contributed by atoms with Gasteiger partial charge in [-0.15, -0.1) is 0 Å². The third-order valence-electron chi connectivity index (χ3n) is 6.12. The molecule has 0 bridgehead atoms. The molecule has 0 aliphatic heterocycles. The SMILES string of the molecule is CCCCCCCCCCCCC=CCCCCCCCCCCCCCC. The molecular formula is C28H56. The Kier molecular flexibility index (Phi) is 26.5. The molecule has 0 aromatic carbocycles. The van der Waals surface area contributed by atoms with Crippen LogP contribution in [0.2, 0.25) is 0 Å². The summed E-state index contributed by atoms with van der Waals surface area (Å²) in [6.45, 7) is 4.60. The van der Waals surface area contributed by atoms with E-state index in [1.54, 1.807) is 0 Å². The first-order chi connectivity index (χ1) is 13.9. The standard InChI is InChI=1S/C28H56/c1-3-5-7-9-11-13-15-17-19-21-23-25-27-28-26-24-22-20-18-16-14-12-10-8-6-4-2/h25,27H,3-24,26,28H2,1-2H3. The minimum absolute atomic E-state index is 1.31. The highest BCUT2D eigenvalue weighted by atomic mass is 14.0. The van der Waals surface area contributed by atoms with Crippen LogP contribution in [0.15, 0.2) is 12.2 Å². The summed E-state index contributed by atoms with van der Waals surface area (Å²) < 4.78 is 0. The zero-order chi connectivity index (χ0) is 20.4. The summed E-state index contributed by atoms with van der Waals surface area (Å²) in [6.07, 6.45) is 39.4. The van der Waals surface area contributed by atoms with Crippen LogP contribution in [-0.4, -0.2) is 0 Å². The monoisotopic (exact) mass is 392 g/mol. The molecule has 0 aromatic rings. The summed E-state index contributed by atoms with van der Waals surface area (Å²) in [6, 6.07) is 0. The molecule has 0 heterocycles. The van der Waals surface area contributed by atoms with E-state index in [4.69, 9.17) is 0 Å². The van der Waals surface area contributed by atoms with Crippen LogP contribution < -0.4 is 0 Å². The number of hydrogen-bond acceptors (Lipinski definition) is 0. The number of unbranched alkanes of at least 4 members (excludes halogenated alkanes) is 22. The van der Waals surface area contributed by atoms with Crippen molar-refractivity contribution < 1.29 is 0 Å². The second kappa shape index (κ2) is 26.7. The van der Waals surface area contributed by atoms with E-state index in [0.717, 1.165) is 0 Å². The third-order valence-corrected chi connectivity index (χ3v) is 6.12. The lowest BCUT2D eigenvalue weighted by Crippen LogP contribution is -1.82. The molecule has 0 saturated carbocycles. The lowest BCUT2D eigenvalue weighted by Gasteiger charge is -2.02. The number of rotatable bonds is 24. The third kappa shape index (κ3) is 25.7. The van der Waals surface area contributed by atoms with Crippen LogP contribution >= 0.6 is 0 Å². The minimum Gasteiger partial charge on any atom is -0.0885 e. The molecule has 0 heteroatoms. The Morgan fingerprint density at radius 1 is 0.286 bits per heavy atom. The van der Waals surface area contributed by atoms with Gasteiger partial charge in [-0.1, -0.05) is 154 Å². The van der Waals surface area contributed by atoms with Crippen molar-refractivity contribution in [1.29, 1.82) is 0 Å². The summed E-state index contributed by atoms with van der Waals surface area (Å²) in [5.41, 5.74) is 0. The Labute approximate surface area is 180 Å². The molecule has 0 fully saturated rings. The fourth-order valence-corrected chi connectivity index (χ4v) is 4.09. The van der Waals surface area contributed by atoms with Gasteiger partial charge in [0.05, 0.1) is 0 Å². The smallest absolute Gasteiger partial charge is 0.0351 e. The fourth-order valence-electron chi connectivity index (χ4n) is 4.09. The van der Waals surface area contributed by atoms with E-state index >= 15 is 0 Å². The highest BCUT2D eigenvalue weighted by Gasteiger charge is 1.94. The number of hydrogen-bond donors (Lipinski definition) is 0. The Hall–Kier alpha value is -0.260. The quantitative estimate of drug-likeness (QED) is 0.113. The van der Waals surface area contributed by atoms with Crippen LogP contribution in [0.25, 0.3) is 0 Å². The van der Waals surface area contributed by atoms with Crippen LogP contribution in [0, 0.1) is 0 Å². The minimum atomic E-state index is 1.31. The van der Waals surface area contributed by atoms with Gasteiger partial charge >= 0.3 is 0 Å². The molecule has 28 heavy (non-hydrogen) atoms. The lowest BCUT2D eigenvalue weighted by molar-refractivity contribution is 0.544. The second-order valence-corrected chi connectivity index (χ2v) is 9.12. The lowest BCUT2D eigenvalue weighted by atomic mass is 10.0. The molecule has 168 valence electrons. The molecule has 0 aromatic heterocycles. The maximum Gasteiger partial charge on any atom is -0.0351 e. The summed E-state index contributed by atoms with van der Waals surface area (Å²) in [5.74, 6) is 0. The van der Waals surface area contributed by atoms with Gasteiger partial charge in [0.1, 0.15) is 0 Å². The summed E-state index contributed by atoms with van der Waals surface area (Å²) in [5, 5.41) is 0. The van der Waals surface area contributed by atoms with E-state index in [9.17, 15) is 0 Å². The van der Waals surface area contributed by atoms with Gasteiger partial charge in [0.15, 0.2) is 0 Å². The predicted octanol–water partition coefficient (Wildman–Crippen LogP) is 10.9. The molecule has 0 spiro atoms. The molecule has 0 unspecified atom stereocenters. The van der Waals surface area contributed by atoms with Gasteiger partial charge in [0, 0.05) is 0 Å². The van der Waals surface area contributed by atoms with Crippen LogP contribution in [0.3, 0.4) is 0 Å². The van der Waals surface area contributed by atoms with Gasteiger partial charge < -0.3 is 0 Å². The molecule has 0 aliphatic carbocycles. The average Bonchev–Trinajstić information content (AvgIpc) is 2.71. The first kappa shape index (κ1) is 27.7. The Balaban J connectivity index is 3.05. The maximum atomic E-state index is 2.45. The van der Waals surface area contributed by atoms with Gasteiger partial charge in [-0.05, 0) is 25.7 Å². The predicted molar refractivity (Wildman–Crippen MR) is 131 cm³/mol. The van der Waals surface area contributed by atoms with Gasteiger partial charge in [-0.3, -0.25) is 0 Å². The van der Waals surface area contributed by atoms with Crippen molar-refractivity contribution in [3.05, 3.63) is 12.2 Å². The Morgan fingerprint density at radius 2 is 0.500 bits per heavy atom. The molecular weight excluding hydrogens is 336 g/mol. The molecule has 0 rings (SSSR count). The largest absolute Gasteiger partial charge is 0.0885 e. The van der Waals surface area contributed by atoms with Crippen LogP contribution in [0.1, 0.15) is 168 Å². The van der Waals surface area contributed by atoms with Gasteiger partial charge in [-0.25, -0.2) is 0 Å². The molecule has 0 N–H and O–H groups in total. The Morgan fingerprint density at radius 3 is 0.750 bits per heavy atom. The van der Waals surface area contributed by atoms with E-state index in [1.807, 2.05) is 0 Å². The summed E-state index contributed by atoms with van der Waals surface area (Å²) >= 11 is 0. The zero-order valence-corrected chi connectivity index (χ0v) is 20.1. The second-order valence-electron chi connectivity index (χ2n) is 9.12. The van der Waals surface area contributed by atoms with Crippen molar-refractivity contribution in [3.8, 4) is 0 Å². The van der Waals surface area contributed by atoms with Crippen molar-refractivity contribution in [2.24, 2.45) is 0 Å². The van der Waals surface area contributed by atoms with Crippen LogP contribution in [0.4, 0.5) is 0 Å². The average molecular weight is 393 g/mol. The van der Waals surface area contributed by atoms with Gasteiger partial charge in [0.2, 0.25) is 0 Å². The molecule has 0 amide bonds. The number of allylic oxidation sites excluding steroid dienone is 2. The molecule has 0 saturated heterocycles. The van der Waals surface area contributed by atoms with Gasteiger partial charge in [0.25, 0.3) is 0 Å². The molecule has 0 nitrogen and oxygen atoms in total. The highest BCUT2D eigenvalue weighted by Crippen LogP contribution is 2.13. The molecule has 0 atom stereocenters. The fraction of sp³-hybridized carbons (Fsp3) is 0.929. The van der Waals surface area contributed by atoms with Crippen molar-refractivity contribution in [2.45, 2.75) is 168 Å². The zero-order valence-electron chi connectivity index (χ0n) is 20.1. The molecule has 0 radical (unpaired) electrons. The van der Waals surface area contributed by atoms with Gasteiger partial charge in [-0.2, -0.15) is 0 Å². The van der Waals surface area contributed by atoms with Crippen molar-refractivity contribution in [1.82, 2.24) is 0 Å². The first-order valence-electron chi connectivity index (χ1n) is 13.6. The summed E-state index contributed by atoms with van der Waals surface area (Å²) in [4.78, 5) is 0. The van der Waals surface area contributed by atoms with Crippen molar-refractivity contribution in [2.75, 3.05) is 0 Å². The highest BCUT2D eigenvalue weighted by molar-refractivity contribution is 4.81. The van der Waals surface area contributed by atoms with Crippen LogP contribution in [-0.2, 0) is 0 Å². The normalized spacial score (nSPS) is 11.6. The van der Waals surface area contributed by atoms with Crippen molar-refractivity contribution in [3.63, 3.8) is 0 Å². The topological polar surface area (TPSA) is 0 Å². The van der Waals surface area contributed by atoms with E-state index in [2.05, 4.69) is 26.0 Å². The van der Waals surface area contributed by atoms with Crippen molar-refractivity contribution >= 4 is 0 Å². The van der Waals surface area contributed by atoms with E-state index in [-0.39, 0.29) is 0 Å². The summed E-state index contributed by atoms with van der Waals surface area (Å²) in [7, 11) is 0. The molecule has 0 aliphatic rings. The van der Waals surface area contributed by atoms with E-state index in [1.165, 1.54) is 154 Å². The Bertz CT molecular complexity index is 278. The first-order valence-corrected chi connectivity index (χ1v) is 13.6. The maximum absolute atomic E-state index is 2.45. The van der Waals surface area contributed by atoms with E-state index < -0.39 is 0 Å². The van der Waals surface area contributed by atoms with E-state index in [0.29, 0.717) is 0 Å².